The molecule has 0 saturated heterocycles. The normalized spacial score (nSPS) is 42.6. The zero-order valence-electron chi connectivity index (χ0n) is 6.78. The number of hydrogen-bond donors (Lipinski definition) is 0. The van der Waals surface area contributed by atoms with Crippen molar-refractivity contribution in [2.24, 2.45) is 11.3 Å². The maximum absolute atomic E-state index is 3.32. The van der Waals surface area contributed by atoms with E-state index in [2.05, 4.69) is 19.6 Å². The number of allylic oxidation sites excluding steroid dienone is 1. The van der Waals surface area contributed by atoms with Crippen LogP contribution in [0.3, 0.4) is 0 Å². The molecule has 10 heavy (non-hydrogen) atoms. The van der Waals surface area contributed by atoms with Crippen LogP contribution in [0.15, 0.2) is 17.4 Å². The number of fused-ring (bicyclic) bond motifs is 1. The molecule has 2 saturated carbocycles. The average molecular weight is 134 g/mol. The van der Waals surface area contributed by atoms with Crippen LogP contribution in [0.5, 0.6) is 0 Å². The molecule has 54 valence electrons. The molecule has 2 rings (SSSR count). The van der Waals surface area contributed by atoms with Crippen molar-refractivity contribution in [2.75, 3.05) is 0 Å². The van der Waals surface area contributed by atoms with Crippen molar-refractivity contribution in [3.8, 4) is 0 Å². The first-order chi connectivity index (χ1) is 4.74. The standard InChI is InChI=1S/C10H14/c1-3-4-8-5-9-7-10(9,2)6-8/h3,9H,5-7H2,1-2H3. The van der Waals surface area contributed by atoms with Gasteiger partial charge in [-0.25, -0.2) is 0 Å². The molecule has 0 bridgehead atoms. The summed E-state index contributed by atoms with van der Waals surface area (Å²) in [6.45, 7) is 4.46. The molecule has 2 atom stereocenters. The van der Waals surface area contributed by atoms with Gasteiger partial charge >= 0.3 is 0 Å². The zero-order valence-corrected chi connectivity index (χ0v) is 6.78. The highest BCUT2D eigenvalue weighted by molar-refractivity contribution is 5.21. The fraction of sp³-hybridized carbons (Fsp3) is 0.700. The molecule has 2 unspecified atom stereocenters. The minimum atomic E-state index is 0.714. The average Bonchev–Trinajstić information content (AvgIpc) is 2.34. The van der Waals surface area contributed by atoms with Crippen LogP contribution >= 0.6 is 0 Å². The molecule has 0 heterocycles. The summed E-state index contributed by atoms with van der Waals surface area (Å²) >= 11 is 0. The van der Waals surface area contributed by atoms with Crippen LogP contribution in [0.2, 0.25) is 0 Å². The van der Waals surface area contributed by atoms with Gasteiger partial charge in [0.25, 0.3) is 0 Å². The van der Waals surface area contributed by atoms with E-state index in [1.54, 1.807) is 5.57 Å². The molecule has 0 aromatic carbocycles. The van der Waals surface area contributed by atoms with E-state index >= 15 is 0 Å². The fourth-order valence-corrected chi connectivity index (χ4v) is 2.21. The maximum Gasteiger partial charge on any atom is -0.0187 e. The summed E-state index contributed by atoms with van der Waals surface area (Å²) in [6.07, 6.45) is 6.17. The predicted molar refractivity (Wildman–Crippen MR) is 42.7 cm³/mol. The zero-order chi connectivity index (χ0) is 7.19. The van der Waals surface area contributed by atoms with Crippen molar-refractivity contribution < 1.29 is 0 Å². The number of rotatable bonds is 0. The van der Waals surface area contributed by atoms with Gasteiger partial charge in [0, 0.05) is 0 Å². The molecule has 2 aliphatic rings. The van der Waals surface area contributed by atoms with Gasteiger partial charge in [-0.3, -0.25) is 0 Å². The van der Waals surface area contributed by atoms with Crippen LogP contribution in [0.4, 0.5) is 0 Å². The quantitative estimate of drug-likeness (QED) is 0.447. The molecule has 0 aliphatic heterocycles. The summed E-state index contributed by atoms with van der Waals surface area (Å²) in [5, 5.41) is 0. The topological polar surface area (TPSA) is 0 Å². The molecule has 2 fully saturated rings. The molecule has 0 radical (unpaired) electrons. The van der Waals surface area contributed by atoms with E-state index in [9.17, 15) is 0 Å². The largest absolute Gasteiger partial charge is 0.126 e. The van der Waals surface area contributed by atoms with Gasteiger partial charge in [0.05, 0.1) is 0 Å². The molecule has 0 amide bonds. The van der Waals surface area contributed by atoms with Gasteiger partial charge in [-0.05, 0) is 49.2 Å². The smallest absolute Gasteiger partial charge is 0.0187 e. The lowest BCUT2D eigenvalue weighted by atomic mass is 10.1. The van der Waals surface area contributed by atoms with E-state index in [4.69, 9.17) is 0 Å². The van der Waals surface area contributed by atoms with E-state index in [1.807, 2.05) is 6.08 Å². The Morgan fingerprint density at radius 1 is 1.70 bits per heavy atom. The molecule has 0 spiro atoms. The second-order valence-electron chi connectivity index (χ2n) is 3.97. The highest BCUT2D eigenvalue weighted by Crippen LogP contribution is 2.64. The van der Waals surface area contributed by atoms with Gasteiger partial charge in [0.1, 0.15) is 0 Å². The van der Waals surface area contributed by atoms with Crippen molar-refractivity contribution >= 4 is 0 Å². The highest BCUT2D eigenvalue weighted by atomic mass is 14.6. The summed E-state index contributed by atoms with van der Waals surface area (Å²) < 4.78 is 0. The van der Waals surface area contributed by atoms with E-state index in [-0.39, 0.29) is 0 Å². The van der Waals surface area contributed by atoms with Crippen LogP contribution in [-0.2, 0) is 0 Å². The van der Waals surface area contributed by atoms with Crippen molar-refractivity contribution in [3.63, 3.8) is 0 Å². The van der Waals surface area contributed by atoms with Crippen LogP contribution in [-0.4, -0.2) is 0 Å². The maximum atomic E-state index is 3.32. The Morgan fingerprint density at radius 2 is 2.50 bits per heavy atom. The minimum absolute atomic E-state index is 0.714. The van der Waals surface area contributed by atoms with E-state index in [0.717, 1.165) is 5.92 Å². The Bertz CT molecular complexity index is 218. The first-order valence-electron chi connectivity index (χ1n) is 4.14. The number of hydrogen-bond acceptors (Lipinski definition) is 0. The lowest BCUT2D eigenvalue weighted by molar-refractivity contribution is 0.569. The van der Waals surface area contributed by atoms with Crippen LogP contribution in [0, 0.1) is 11.3 Å². The third-order valence-corrected chi connectivity index (χ3v) is 3.00. The van der Waals surface area contributed by atoms with Crippen LogP contribution < -0.4 is 0 Å². The molecule has 0 N–H and O–H groups in total. The SMILES string of the molecule is CC=C=C1CC2CC2(C)C1. The Morgan fingerprint density at radius 3 is 3.00 bits per heavy atom. The summed E-state index contributed by atoms with van der Waals surface area (Å²) in [4.78, 5) is 0. The van der Waals surface area contributed by atoms with Crippen LogP contribution in [0.1, 0.15) is 33.1 Å². The third kappa shape index (κ3) is 0.759. The second-order valence-corrected chi connectivity index (χ2v) is 3.97. The molecular formula is C10H14. The van der Waals surface area contributed by atoms with Gasteiger partial charge in [-0.1, -0.05) is 6.92 Å². The highest BCUT2D eigenvalue weighted by Gasteiger charge is 2.54. The predicted octanol–water partition coefficient (Wildman–Crippen LogP) is 2.91. The molecule has 0 aromatic heterocycles. The monoisotopic (exact) mass is 134 g/mol. The summed E-state index contributed by atoms with van der Waals surface area (Å²) in [6, 6.07) is 0. The first-order valence-corrected chi connectivity index (χ1v) is 4.14. The van der Waals surface area contributed by atoms with Gasteiger partial charge in [-0.15, -0.1) is 5.73 Å². The van der Waals surface area contributed by atoms with Crippen molar-refractivity contribution in [3.05, 3.63) is 17.4 Å². The molecule has 2 aliphatic carbocycles. The Hall–Kier alpha value is -0.480. The van der Waals surface area contributed by atoms with Crippen molar-refractivity contribution in [1.82, 2.24) is 0 Å². The van der Waals surface area contributed by atoms with Gasteiger partial charge in [-0.2, -0.15) is 0 Å². The second kappa shape index (κ2) is 1.77. The van der Waals surface area contributed by atoms with E-state index in [1.165, 1.54) is 19.3 Å². The summed E-state index contributed by atoms with van der Waals surface area (Å²) in [5.41, 5.74) is 5.59. The minimum Gasteiger partial charge on any atom is -0.126 e. The molecular weight excluding hydrogens is 120 g/mol. The van der Waals surface area contributed by atoms with Gasteiger partial charge in [0.2, 0.25) is 0 Å². The van der Waals surface area contributed by atoms with E-state index < -0.39 is 0 Å². The first kappa shape index (κ1) is 6.24. The summed E-state index contributed by atoms with van der Waals surface area (Å²) in [7, 11) is 0. The fourth-order valence-electron chi connectivity index (χ4n) is 2.21. The van der Waals surface area contributed by atoms with Crippen molar-refractivity contribution in [1.29, 1.82) is 0 Å². The van der Waals surface area contributed by atoms with Gasteiger partial charge in [0.15, 0.2) is 0 Å². The lowest BCUT2D eigenvalue weighted by Crippen LogP contribution is -1.87. The van der Waals surface area contributed by atoms with E-state index in [0.29, 0.717) is 5.41 Å². The lowest BCUT2D eigenvalue weighted by Gasteiger charge is -1.99. The Kier molecular flexibility index (Phi) is 1.10. The summed E-state index contributed by atoms with van der Waals surface area (Å²) in [5.74, 6) is 1.02. The Labute approximate surface area is 62.6 Å². The van der Waals surface area contributed by atoms with Gasteiger partial charge < -0.3 is 0 Å². The van der Waals surface area contributed by atoms with Crippen molar-refractivity contribution in [2.45, 2.75) is 33.1 Å². The molecule has 0 heteroatoms. The Balaban J connectivity index is 2.17. The third-order valence-electron chi connectivity index (χ3n) is 3.00. The molecule has 0 aromatic rings. The molecule has 0 nitrogen and oxygen atoms in total. The van der Waals surface area contributed by atoms with Crippen LogP contribution in [0.25, 0.3) is 0 Å².